The fourth-order valence-electron chi connectivity index (χ4n) is 3.41. The number of anilines is 1. The molecule has 1 saturated heterocycles. The first-order valence-electron chi connectivity index (χ1n) is 10.1. The van der Waals surface area contributed by atoms with Crippen LogP contribution in [0.5, 0.6) is 5.75 Å². The number of aldehydes is 1. The Kier molecular flexibility index (Phi) is 7.54. The lowest BCUT2D eigenvalue weighted by Gasteiger charge is -2.20. The van der Waals surface area contributed by atoms with Gasteiger partial charge in [-0.15, -0.1) is 0 Å². The van der Waals surface area contributed by atoms with Crippen LogP contribution in [0, 0.1) is 0 Å². The summed E-state index contributed by atoms with van der Waals surface area (Å²) in [6.45, 7) is 0.102. The lowest BCUT2D eigenvalue weighted by Crippen LogP contribution is -2.32. The van der Waals surface area contributed by atoms with Crippen molar-refractivity contribution in [3.63, 3.8) is 0 Å². The molecule has 0 aliphatic carbocycles. The van der Waals surface area contributed by atoms with Gasteiger partial charge in [0.15, 0.2) is 6.23 Å². The molecule has 1 aliphatic heterocycles. The summed E-state index contributed by atoms with van der Waals surface area (Å²) in [5, 5.41) is 15.5. The number of nitrogens with two attached hydrogens (primary N) is 1. The third kappa shape index (κ3) is 5.67. The van der Waals surface area contributed by atoms with Crippen molar-refractivity contribution in [3.05, 3.63) is 64.2 Å². The lowest BCUT2D eigenvalue weighted by molar-refractivity contribution is -0.106. The molecule has 0 bridgehead atoms. The maximum absolute atomic E-state index is 12.1. The normalized spacial score (nSPS) is 21.2. The number of ether oxygens (including phenoxy) is 1. The minimum Gasteiger partial charge on any atom is -0.436 e. The first-order valence-corrected chi connectivity index (χ1v) is 11.6. The van der Waals surface area contributed by atoms with Crippen molar-refractivity contribution < 1.29 is 23.7 Å². The molecule has 4 rings (SSSR count). The monoisotopic (exact) mass is 492 g/mol. The van der Waals surface area contributed by atoms with Gasteiger partial charge >= 0.3 is 14.2 Å². The number of carbonyl (C=O) groups is 1. The van der Waals surface area contributed by atoms with Crippen molar-refractivity contribution in [2.24, 2.45) is 0 Å². The quantitative estimate of drug-likeness (QED) is 0.303. The van der Waals surface area contributed by atoms with Gasteiger partial charge in [0.25, 0.3) is 0 Å². The van der Waals surface area contributed by atoms with Gasteiger partial charge in [0.2, 0.25) is 0 Å². The van der Waals surface area contributed by atoms with Gasteiger partial charge in [0.05, 0.1) is 24.3 Å². The molecule has 2 heterocycles. The van der Waals surface area contributed by atoms with Crippen molar-refractivity contribution in [2.75, 3.05) is 18.9 Å². The maximum atomic E-state index is 12.1. The molecule has 12 heteroatoms. The molecule has 4 unspecified atom stereocenters. The summed E-state index contributed by atoms with van der Waals surface area (Å²) in [4.78, 5) is 26.6. The molecule has 2 aromatic carbocycles. The summed E-state index contributed by atoms with van der Waals surface area (Å²) in [5.41, 5.74) is 4.86. The predicted molar refractivity (Wildman–Crippen MR) is 124 cm³/mol. The van der Waals surface area contributed by atoms with E-state index in [-0.39, 0.29) is 30.4 Å². The second kappa shape index (κ2) is 10.6. The Morgan fingerprint density at radius 2 is 2.12 bits per heavy atom. The second-order valence-corrected chi connectivity index (χ2v) is 8.98. The molecule has 0 spiro atoms. The molecule has 0 radical (unpaired) electrons. The Morgan fingerprint density at radius 1 is 1.33 bits per heavy atom. The Hall–Kier alpha value is -2.59. The van der Waals surface area contributed by atoms with Crippen LogP contribution in [0.15, 0.2) is 53.5 Å². The first kappa shape index (κ1) is 23.6. The first-order chi connectivity index (χ1) is 15.9. The molecule has 174 valence electrons. The van der Waals surface area contributed by atoms with Crippen LogP contribution in [0.3, 0.4) is 0 Å². The van der Waals surface area contributed by atoms with Crippen LogP contribution in [0.25, 0.3) is 10.8 Å². The molecule has 10 nitrogen and oxygen atoms in total. The summed E-state index contributed by atoms with van der Waals surface area (Å²) < 4.78 is 18.7. The highest BCUT2D eigenvalue weighted by molar-refractivity contribution is 7.45. The number of fused-ring (bicyclic) bond motifs is 1. The van der Waals surface area contributed by atoms with Crippen molar-refractivity contribution in [1.82, 2.24) is 14.6 Å². The molecule has 33 heavy (non-hydrogen) atoms. The van der Waals surface area contributed by atoms with Crippen LogP contribution in [0.2, 0.25) is 5.02 Å². The summed E-state index contributed by atoms with van der Waals surface area (Å²) in [5.74, 6) is 0.487. The Labute approximate surface area is 195 Å². The van der Waals surface area contributed by atoms with Gasteiger partial charge in [-0.25, -0.2) is 9.88 Å². The molecule has 0 saturated carbocycles. The number of nitrogens with one attached hydrogen (secondary N) is 1. The summed E-state index contributed by atoms with van der Waals surface area (Å²) in [6.07, 6.45) is -0.285. The molecule has 4 atom stereocenters. The molecular weight excluding hydrogens is 471 g/mol. The van der Waals surface area contributed by atoms with E-state index >= 15 is 0 Å². The van der Waals surface area contributed by atoms with Crippen LogP contribution < -0.4 is 21.0 Å². The number of benzene rings is 2. The number of aliphatic hydroxyl groups is 1. The molecular formula is C21H22ClN4O6P. The maximum Gasteiger partial charge on any atom is 0.351 e. The number of nitrogen functional groups attached to an aromatic ring is 1. The van der Waals surface area contributed by atoms with E-state index in [1.165, 1.54) is 6.20 Å². The largest absolute Gasteiger partial charge is 0.436 e. The number of hydrogen-bond acceptors (Lipinski definition) is 9. The number of aliphatic hydroxyl groups excluding tert-OH is 1. The van der Waals surface area contributed by atoms with Gasteiger partial charge in [-0.3, -0.25) is 4.57 Å². The number of hydrogen-bond donors (Lipinski definition) is 3. The van der Waals surface area contributed by atoms with E-state index in [1.807, 2.05) is 42.5 Å². The van der Waals surface area contributed by atoms with Gasteiger partial charge in [-0.05, 0) is 22.9 Å². The van der Waals surface area contributed by atoms with Gasteiger partial charge in [0, 0.05) is 12.6 Å². The number of aromatic nitrogens is 2. The van der Waals surface area contributed by atoms with Crippen LogP contribution >= 0.6 is 20.1 Å². The average Bonchev–Trinajstić information content (AvgIpc) is 3.18. The molecule has 1 fully saturated rings. The average molecular weight is 493 g/mol. The van der Waals surface area contributed by atoms with Crippen molar-refractivity contribution in [1.29, 1.82) is 0 Å². The lowest BCUT2D eigenvalue weighted by atomic mass is 10.1. The van der Waals surface area contributed by atoms with Gasteiger partial charge < -0.3 is 29.4 Å². The molecule has 1 aliphatic rings. The van der Waals surface area contributed by atoms with Crippen LogP contribution in [-0.4, -0.2) is 46.3 Å². The third-order valence-corrected chi connectivity index (χ3v) is 6.46. The number of nitrogens with zero attached hydrogens (tertiary/aromatic N) is 2. The zero-order valence-corrected chi connectivity index (χ0v) is 19.0. The Morgan fingerprint density at radius 3 is 2.91 bits per heavy atom. The minimum absolute atomic E-state index is 0.0427. The zero-order chi connectivity index (χ0) is 23.4. The Bertz CT molecular complexity index is 1190. The fourth-order valence-corrected chi connectivity index (χ4v) is 4.60. The van der Waals surface area contributed by atoms with Crippen molar-refractivity contribution in [3.8, 4) is 5.75 Å². The number of carbonyl (C=O) groups excluding carboxylic acids is 1. The smallest absolute Gasteiger partial charge is 0.351 e. The van der Waals surface area contributed by atoms with E-state index in [1.54, 1.807) is 0 Å². The minimum atomic E-state index is -1.67. The summed E-state index contributed by atoms with van der Waals surface area (Å²) >= 11 is 5.95. The highest BCUT2D eigenvalue weighted by atomic mass is 35.5. The summed E-state index contributed by atoms with van der Waals surface area (Å²) in [6, 6.07) is 13.5. The van der Waals surface area contributed by atoms with Crippen LogP contribution in [0.1, 0.15) is 12.6 Å². The zero-order valence-electron chi connectivity index (χ0n) is 17.3. The van der Waals surface area contributed by atoms with Crippen LogP contribution in [-0.2, 0) is 14.1 Å². The van der Waals surface area contributed by atoms with E-state index in [2.05, 4.69) is 10.1 Å². The van der Waals surface area contributed by atoms with Crippen LogP contribution in [0.4, 0.5) is 5.82 Å². The van der Waals surface area contributed by atoms with Crippen molar-refractivity contribution in [2.45, 2.75) is 24.9 Å². The SMILES string of the molecule is Nc1nc(=O)n(C2OC(COP(NCC=O)Oc3ccc4ccccc4c3)CC2O)cc1Cl. The fraction of sp³-hybridized carbons (Fsp3) is 0.286. The molecule has 0 amide bonds. The molecule has 1 aromatic heterocycles. The highest BCUT2D eigenvalue weighted by Crippen LogP contribution is 2.38. The number of halogens is 1. The molecule has 4 N–H and O–H groups in total. The predicted octanol–water partition coefficient (Wildman–Crippen LogP) is 2.39. The van der Waals surface area contributed by atoms with Gasteiger partial charge in [-0.1, -0.05) is 41.9 Å². The molecule has 3 aromatic rings. The third-order valence-electron chi connectivity index (χ3n) is 4.96. The van der Waals surface area contributed by atoms with Gasteiger partial charge in [-0.2, -0.15) is 4.98 Å². The van der Waals surface area contributed by atoms with Crippen molar-refractivity contribution >= 4 is 43.0 Å². The van der Waals surface area contributed by atoms with E-state index in [9.17, 15) is 14.7 Å². The standard InChI is InChI=1S/C21H22ClN4O6P/c22-17-11-26(21(29)25-19(17)23)20-18(28)10-16(31-20)12-30-33(24-7-8-27)32-15-6-5-13-3-1-2-4-14(13)9-15/h1-6,8-9,11,16,18,20,24,28H,7,10,12H2,(H2,23,25,29). The highest BCUT2D eigenvalue weighted by Gasteiger charge is 2.37. The summed E-state index contributed by atoms with van der Waals surface area (Å²) in [7, 11) is -1.67. The van der Waals surface area contributed by atoms with E-state index in [0.29, 0.717) is 12.0 Å². The second-order valence-electron chi connectivity index (χ2n) is 7.30. The number of rotatable bonds is 9. The van der Waals surface area contributed by atoms with E-state index in [4.69, 9.17) is 31.1 Å². The van der Waals surface area contributed by atoms with E-state index in [0.717, 1.165) is 15.3 Å². The Balaban J connectivity index is 1.41. The van der Waals surface area contributed by atoms with E-state index < -0.39 is 32.7 Å². The van der Waals surface area contributed by atoms with Gasteiger partial charge in [0.1, 0.15) is 24.0 Å². The topological polar surface area (TPSA) is 138 Å².